The van der Waals surface area contributed by atoms with Gasteiger partial charge in [-0.3, -0.25) is 4.79 Å². The second-order valence-corrected chi connectivity index (χ2v) is 5.60. The van der Waals surface area contributed by atoms with E-state index in [4.69, 9.17) is 16.3 Å². The Morgan fingerprint density at radius 1 is 1.33 bits per heavy atom. The summed E-state index contributed by atoms with van der Waals surface area (Å²) in [7, 11) is 1.40. The van der Waals surface area contributed by atoms with Crippen LogP contribution in [0.2, 0.25) is 5.02 Å². The van der Waals surface area contributed by atoms with Crippen LogP contribution in [-0.4, -0.2) is 13.0 Å². The van der Waals surface area contributed by atoms with Gasteiger partial charge in [0.15, 0.2) is 11.6 Å². The van der Waals surface area contributed by atoms with Gasteiger partial charge in [-0.15, -0.1) is 0 Å². The summed E-state index contributed by atoms with van der Waals surface area (Å²) in [6, 6.07) is 9.53. The molecule has 110 valence electrons. The highest BCUT2D eigenvalue weighted by atomic mass is 79.9. The van der Waals surface area contributed by atoms with Crippen molar-refractivity contribution in [1.82, 2.24) is 5.32 Å². The number of halogens is 3. The van der Waals surface area contributed by atoms with Crippen molar-refractivity contribution in [3.63, 3.8) is 0 Å². The number of hydrogen-bond donors (Lipinski definition) is 1. The van der Waals surface area contributed by atoms with Crippen molar-refractivity contribution in [1.29, 1.82) is 0 Å². The maximum atomic E-state index is 13.5. The van der Waals surface area contributed by atoms with Crippen LogP contribution in [0.25, 0.3) is 0 Å². The Bertz CT molecular complexity index is 679. The van der Waals surface area contributed by atoms with Crippen LogP contribution in [0, 0.1) is 5.82 Å². The van der Waals surface area contributed by atoms with Gasteiger partial charge in [-0.2, -0.15) is 0 Å². The van der Waals surface area contributed by atoms with E-state index in [1.807, 2.05) is 0 Å². The fourth-order valence-electron chi connectivity index (χ4n) is 1.77. The van der Waals surface area contributed by atoms with Gasteiger partial charge in [-0.05, 0) is 35.9 Å². The first-order valence-corrected chi connectivity index (χ1v) is 7.24. The molecular formula is C15H12BrClFNO2. The lowest BCUT2D eigenvalue weighted by molar-refractivity contribution is 0.0951. The maximum absolute atomic E-state index is 13.5. The van der Waals surface area contributed by atoms with Gasteiger partial charge < -0.3 is 10.1 Å². The van der Waals surface area contributed by atoms with Gasteiger partial charge >= 0.3 is 0 Å². The number of hydrogen-bond acceptors (Lipinski definition) is 2. The van der Waals surface area contributed by atoms with Gasteiger partial charge in [0.2, 0.25) is 0 Å². The van der Waals surface area contributed by atoms with Crippen molar-refractivity contribution in [3.8, 4) is 5.75 Å². The molecule has 0 atom stereocenters. The van der Waals surface area contributed by atoms with Crippen molar-refractivity contribution >= 4 is 33.4 Å². The predicted molar refractivity (Wildman–Crippen MR) is 83.3 cm³/mol. The molecule has 21 heavy (non-hydrogen) atoms. The third kappa shape index (κ3) is 3.95. The molecule has 0 aliphatic rings. The van der Waals surface area contributed by atoms with Crippen molar-refractivity contribution in [3.05, 3.63) is 62.8 Å². The molecule has 1 N–H and O–H groups in total. The van der Waals surface area contributed by atoms with E-state index in [2.05, 4.69) is 21.2 Å². The number of ether oxygens (including phenoxy) is 1. The van der Waals surface area contributed by atoms with Crippen molar-refractivity contribution in [2.45, 2.75) is 6.54 Å². The Hall–Kier alpha value is -1.59. The number of amides is 1. The molecule has 0 aliphatic carbocycles. The molecule has 0 bridgehead atoms. The molecule has 2 rings (SSSR count). The summed E-state index contributed by atoms with van der Waals surface area (Å²) < 4.78 is 19.1. The summed E-state index contributed by atoms with van der Waals surface area (Å²) in [6.45, 7) is 0.197. The fraction of sp³-hybridized carbons (Fsp3) is 0.133. The van der Waals surface area contributed by atoms with Gasteiger partial charge in [-0.1, -0.05) is 33.6 Å². The Morgan fingerprint density at radius 2 is 2.10 bits per heavy atom. The topological polar surface area (TPSA) is 38.3 Å². The third-order valence-corrected chi connectivity index (χ3v) is 3.67. The molecular weight excluding hydrogens is 361 g/mol. The number of rotatable bonds is 4. The average Bonchev–Trinajstić information content (AvgIpc) is 2.47. The van der Waals surface area contributed by atoms with Crippen molar-refractivity contribution < 1.29 is 13.9 Å². The van der Waals surface area contributed by atoms with Gasteiger partial charge in [0.1, 0.15) is 0 Å². The Morgan fingerprint density at radius 3 is 2.76 bits per heavy atom. The SMILES string of the molecule is COc1ccc(CNC(=O)c2cc(Br)ccc2Cl)cc1F. The largest absolute Gasteiger partial charge is 0.494 e. The quantitative estimate of drug-likeness (QED) is 0.874. The van der Waals surface area contributed by atoms with Crippen LogP contribution in [0.3, 0.4) is 0 Å². The summed E-state index contributed by atoms with van der Waals surface area (Å²) in [6.07, 6.45) is 0. The number of carbonyl (C=O) groups is 1. The summed E-state index contributed by atoms with van der Waals surface area (Å²) in [5, 5.41) is 3.05. The second kappa shape index (κ2) is 6.91. The van der Waals surface area contributed by atoms with Gasteiger partial charge in [0.05, 0.1) is 17.7 Å². The molecule has 6 heteroatoms. The predicted octanol–water partition coefficient (Wildman–Crippen LogP) is 4.18. The Balaban J connectivity index is 2.07. The lowest BCUT2D eigenvalue weighted by Crippen LogP contribution is -2.23. The molecule has 2 aromatic rings. The van der Waals surface area contributed by atoms with Crippen LogP contribution >= 0.6 is 27.5 Å². The molecule has 2 aromatic carbocycles. The molecule has 0 fully saturated rings. The summed E-state index contributed by atoms with van der Waals surface area (Å²) >= 11 is 9.26. The van der Waals surface area contributed by atoms with E-state index < -0.39 is 5.82 Å². The highest BCUT2D eigenvalue weighted by Gasteiger charge is 2.11. The van der Waals surface area contributed by atoms with Crippen LogP contribution in [0.4, 0.5) is 4.39 Å². The van der Waals surface area contributed by atoms with E-state index in [1.54, 1.807) is 24.3 Å². The van der Waals surface area contributed by atoms with E-state index in [9.17, 15) is 9.18 Å². The zero-order valence-corrected chi connectivity index (χ0v) is 13.5. The third-order valence-electron chi connectivity index (χ3n) is 2.84. The van der Waals surface area contributed by atoms with E-state index in [0.29, 0.717) is 16.1 Å². The normalized spacial score (nSPS) is 10.3. The monoisotopic (exact) mass is 371 g/mol. The first-order chi connectivity index (χ1) is 10.0. The molecule has 0 aromatic heterocycles. The minimum Gasteiger partial charge on any atom is -0.494 e. The van der Waals surface area contributed by atoms with Crippen LogP contribution in [0.5, 0.6) is 5.75 Å². The Kier molecular flexibility index (Phi) is 5.20. The zero-order valence-electron chi connectivity index (χ0n) is 11.1. The van der Waals surface area contributed by atoms with E-state index in [0.717, 1.165) is 4.47 Å². The number of benzene rings is 2. The molecule has 0 saturated carbocycles. The number of nitrogens with one attached hydrogen (secondary N) is 1. The first kappa shape index (κ1) is 15.8. The summed E-state index contributed by atoms with van der Waals surface area (Å²) in [5.41, 5.74) is 0.993. The maximum Gasteiger partial charge on any atom is 0.253 e. The lowest BCUT2D eigenvalue weighted by Gasteiger charge is -2.08. The second-order valence-electron chi connectivity index (χ2n) is 4.28. The molecule has 0 saturated heterocycles. The smallest absolute Gasteiger partial charge is 0.253 e. The average molecular weight is 373 g/mol. The van der Waals surface area contributed by atoms with E-state index in [1.165, 1.54) is 19.2 Å². The summed E-state index contributed by atoms with van der Waals surface area (Å²) in [4.78, 5) is 12.1. The van der Waals surface area contributed by atoms with E-state index >= 15 is 0 Å². The van der Waals surface area contributed by atoms with Crippen LogP contribution < -0.4 is 10.1 Å². The minimum absolute atomic E-state index is 0.167. The first-order valence-electron chi connectivity index (χ1n) is 6.07. The molecule has 0 heterocycles. The number of carbonyl (C=O) groups excluding carboxylic acids is 1. The standard InChI is InChI=1S/C15H12BrClFNO2/c1-21-14-5-2-9(6-13(14)18)8-19-15(20)11-7-10(16)3-4-12(11)17/h2-7H,8H2,1H3,(H,19,20). The van der Waals surface area contributed by atoms with Crippen molar-refractivity contribution in [2.75, 3.05) is 7.11 Å². The molecule has 1 amide bonds. The van der Waals surface area contributed by atoms with Crippen molar-refractivity contribution in [2.24, 2.45) is 0 Å². The molecule has 0 radical (unpaired) electrons. The molecule has 0 aliphatic heterocycles. The highest BCUT2D eigenvalue weighted by molar-refractivity contribution is 9.10. The van der Waals surface area contributed by atoms with Crippen LogP contribution in [0.15, 0.2) is 40.9 Å². The fourth-order valence-corrected chi connectivity index (χ4v) is 2.33. The minimum atomic E-state index is -0.468. The van der Waals surface area contributed by atoms with Gasteiger partial charge in [-0.25, -0.2) is 4.39 Å². The zero-order chi connectivity index (χ0) is 15.4. The molecule has 0 spiro atoms. The lowest BCUT2D eigenvalue weighted by atomic mass is 10.2. The Labute approximate surface area is 135 Å². The number of methoxy groups -OCH3 is 1. The van der Waals surface area contributed by atoms with Gasteiger partial charge in [0, 0.05) is 11.0 Å². The molecule has 0 unspecified atom stereocenters. The summed E-state index contributed by atoms with van der Waals surface area (Å²) in [5.74, 6) is -0.623. The van der Waals surface area contributed by atoms with Crippen LogP contribution in [-0.2, 0) is 6.54 Å². The highest BCUT2D eigenvalue weighted by Crippen LogP contribution is 2.21. The van der Waals surface area contributed by atoms with Crippen LogP contribution in [0.1, 0.15) is 15.9 Å². The molecule has 3 nitrogen and oxygen atoms in total. The van der Waals surface area contributed by atoms with Gasteiger partial charge in [0.25, 0.3) is 5.91 Å². The van der Waals surface area contributed by atoms with E-state index in [-0.39, 0.29) is 18.2 Å².